The zero-order valence-corrected chi connectivity index (χ0v) is 11.9. The highest BCUT2D eigenvalue weighted by molar-refractivity contribution is 5.85. The number of halogens is 4. The molecule has 2 rings (SSSR count). The Labute approximate surface area is 125 Å². The lowest BCUT2D eigenvalue weighted by molar-refractivity contribution is -0.275. The Morgan fingerprint density at radius 3 is 2.68 bits per heavy atom. The number of nitrogens with zero attached hydrogens (tertiary/aromatic N) is 1. The maximum absolute atomic E-state index is 14.4. The van der Waals surface area contributed by atoms with E-state index in [0.717, 1.165) is 11.0 Å². The Hall–Kier alpha value is -1.83. The quantitative estimate of drug-likeness (QED) is 0.865. The Morgan fingerprint density at radius 2 is 2.09 bits per heavy atom. The van der Waals surface area contributed by atoms with Crippen LogP contribution in [0.3, 0.4) is 0 Å². The topological polar surface area (TPSA) is 41.6 Å². The third-order valence-corrected chi connectivity index (χ3v) is 3.44. The highest BCUT2D eigenvalue weighted by Gasteiger charge is 2.43. The predicted molar refractivity (Wildman–Crippen MR) is 70.9 cm³/mol. The van der Waals surface area contributed by atoms with Gasteiger partial charge in [0.15, 0.2) is 0 Å². The summed E-state index contributed by atoms with van der Waals surface area (Å²) in [7, 11) is 1.35. The van der Waals surface area contributed by atoms with Crippen molar-refractivity contribution in [3.05, 3.63) is 29.8 Å². The van der Waals surface area contributed by atoms with Gasteiger partial charge in [-0.25, -0.2) is 4.39 Å². The Kier molecular flexibility index (Phi) is 4.60. The van der Waals surface area contributed by atoms with Gasteiger partial charge in [-0.15, -0.1) is 13.2 Å². The third kappa shape index (κ3) is 3.88. The summed E-state index contributed by atoms with van der Waals surface area (Å²) in [6, 6.07) is 5.48. The van der Waals surface area contributed by atoms with Crippen molar-refractivity contribution in [1.82, 2.24) is 10.2 Å². The summed E-state index contributed by atoms with van der Waals surface area (Å²) < 4.78 is 55.3. The molecule has 0 bridgehead atoms. The molecule has 1 aliphatic rings. The zero-order valence-electron chi connectivity index (χ0n) is 11.9. The fourth-order valence-corrected chi connectivity index (χ4v) is 2.37. The van der Waals surface area contributed by atoms with Crippen molar-refractivity contribution in [3.63, 3.8) is 0 Å². The van der Waals surface area contributed by atoms with Crippen molar-refractivity contribution < 1.29 is 27.1 Å². The SMILES string of the molecule is CN(Cc1ccccc1OC(F)(F)F)C(=O)C1(F)CCNC1. The van der Waals surface area contributed by atoms with E-state index in [2.05, 4.69) is 10.1 Å². The molecular weight excluding hydrogens is 304 g/mol. The van der Waals surface area contributed by atoms with E-state index in [1.54, 1.807) is 0 Å². The van der Waals surface area contributed by atoms with Gasteiger partial charge in [0.05, 0.1) is 0 Å². The van der Waals surface area contributed by atoms with E-state index in [9.17, 15) is 22.4 Å². The van der Waals surface area contributed by atoms with E-state index < -0.39 is 23.7 Å². The summed E-state index contributed by atoms with van der Waals surface area (Å²) in [5.74, 6) is -1.15. The molecule has 22 heavy (non-hydrogen) atoms. The van der Waals surface area contributed by atoms with Gasteiger partial charge in [0.25, 0.3) is 5.91 Å². The molecule has 1 unspecified atom stereocenters. The number of benzene rings is 1. The largest absolute Gasteiger partial charge is 0.573 e. The first-order valence-corrected chi connectivity index (χ1v) is 6.70. The molecule has 1 atom stereocenters. The number of rotatable bonds is 4. The monoisotopic (exact) mass is 320 g/mol. The summed E-state index contributed by atoms with van der Waals surface area (Å²) >= 11 is 0. The first kappa shape index (κ1) is 16.5. The van der Waals surface area contributed by atoms with Crippen LogP contribution in [0.25, 0.3) is 0 Å². The number of hydrogen-bond donors (Lipinski definition) is 1. The maximum atomic E-state index is 14.4. The van der Waals surface area contributed by atoms with Crippen LogP contribution in [-0.2, 0) is 11.3 Å². The Bertz CT molecular complexity index is 542. The molecule has 1 fully saturated rings. The first-order valence-electron chi connectivity index (χ1n) is 6.70. The summed E-state index contributed by atoms with van der Waals surface area (Å²) in [5.41, 5.74) is -1.85. The number of amides is 1. The van der Waals surface area contributed by atoms with Crippen molar-refractivity contribution in [2.75, 3.05) is 20.1 Å². The van der Waals surface area contributed by atoms with Gasteiger partial charge >= 0.3 is 6.36 Å². The molecule has 0 radical (unpaired) electrons. The highest BCUT2D eigenvalue weighted by atomic mass is 19.4. The molecule has 0 aliphatic carbocycles. The minimum Gasteiger partial charge on any atom is -0.405 e. The molecule has 0 saturated carbocycles. The molecule has 122 valence electrons. The van der Waals surface area contributed by atoms with Crippen LogP contribution < -0.4 is 10.1 Å². The van der Waals surface area contributed by atoms with Gasteiger partial charge in [0.1, 0.15) is 5.75 Å². The van der Waals surface area contributed by atoms with Crippen LogP contribution in [0.2, 0.25) is 0 Å². The van der Waals surface area contributed by atoms with E-state index in [-0.39, 0.29) is 25.1 Å². The number of carbonyl (C=O) groups excluding carboxylic acids is 1. The molecule has 0 aromatic heterocycles. The predicted octanol–water partition coefficient (Wildman–Crippen LogP) is 2.25. The Balaban J connectivity index is 2.11. The van der Waals surface area contributed by atoms with Crippen LogP contribution in [0.1, 0.15) is 12.0 Å². The number of para-hydroxylation sites is 1. The molecule has 1 aliphatic heterocycles. The van der Waals surface area contributed by atoms with Crippen LogP contribution in [0.15, 0.2) is 24.3 Å². The van der Waals surface area contributed by atoms with Crippen LogP contribution in [0.4, 0.5) is 17.6 Å². The van der Waals surface area contributed by atoms with Crippen LogP contribution in [-0.4, -0.2) is 43.0 Å². The van der Waals surface area contributed by atoms with Gasteiger partial charge in [-0.1, -0.05) is 18.2 Å². The highest BCUT2D eigenvalue weighted by Crippen LogP contribution is 2.28. The average molecular weight is 320 g/mol. The van der Waals surface area contributed by atoms with E-state index in [1.807, 2.05) is 0 Å². The second-order valence-electron chi connectivity index (χ2n) is 5.21. The Morgan fingerprint density at radius 1 is 1.41 bits per heavy atom. The maximum Gasteiger partial charge on any atom is 0.573 e. The smallest absolute Gasteiger partial charge is 0.405 e. The van der Waals surface area contributed by atoms with E-state index in [4.69, 9.17) is 0 Å². The summed E-state index contributed by atoms with van der Waals surface area (Å²) in [6.45, 7) is 0.136. The summed E-state index contributed by atoms with van der Waals surface area (Å²) in [4.78, 5) is 13.2. The van der Waals surface area contributed by atoms with E-state index >= 15 is 0 Å². The van der Waals surface area contributed by atoms with E-state index in [0.29, 0.717) is 6.54 Å². The van der Waals surface area contributed by atoms with Crippen LogP contribution >= 0.6 is 0 Å². The normalized spacial score (nSPS) is 21.7. The molecule has 1 saturated heterocycles. The van der Waals surface area contributed by atoms with Crippen molar-refractivity contribution in [3.8, 4) is 5.75 Å². The summed E-state index contributed by atoms with van der Waals surface area (Å²) in [5, 5.41) is 2.76. The number of carbonyl (C=O) groups is 1. The molecular formula is C14H16F4N2O2. The first-order chi connectivity index (χ1) is 10.2. The standard InChI is InChI=1S/C14H16F4N2O2/c1-20(12(21)13(15)6-7-19-9-13)8-10-4-2-3-5-11(10)22-14(16,17)18/h2-5,19H,6-9H2,1H3. The molecule has 0 spiro atoms. The minimum absolute atomic E-state index is 0.0525. The lowest BCUT2D eigenvalue weighted by atomic mass is 10.0. The molecule has 1 aromatic carbocycles. The van der Waals surface area contributed by atoms with Gasteiger partial charge in [-0.3, -0.25) is 4.79 Å². The van der Waals surface area contributed by atoms with Gasteiger partial charge in [-0.2, -0.15) is 0 Å². The second-order valence-corrected chi connectivity index (χ2v) is 5.21. The zero-order chi connectivity index (χ0) is 16.4. The summed E-state index contributed by atoms with van der Waals surface area (Å²) in [6.07, 6.45) is -4.77. The van der Waals surface area contributed by atoms with Crippen LogP contribution in [0, 0.1) is 0 Å². The van der Waals surface area contributed by atoms with Crippen molar-refractivity contribution in [1.29, 1.82) is 0 Å². The van der Waals surface area contributed by atoms with Crippen molar-refractivity contribution in [2.24, 2.45) is 0 Å². The lowest BCUT2D eigenvalue weighted by Gasteiger charge is -2.26. The van der Waals surface area contributed by atoms with Gasteiger partial charge in [0.2, 0.25) is 5.67 Å². The molecule has 8 heteroatoms. The van der Waals surface area contributed by atoms with Gasteiger partial charge in [-0.05, 0) is 12.6 Å². The number of nitrogens with one attached hydrogen (secondary N) is 1. The number of ether oxygens (including phenoxy) is 1. The molecule has 1 N–H and O–H groups in total. The molecule has 4 nitrogen and oxygen atoms in total. The van der Waals surface area contributed by atoms with Crippen molar-refractivity contribution >= 4 is 5.91 Å². The third-order valence-electron chi connectivity index (χ3n) is 3.44. The second kappa shape index (κ2) is 6.12. The average Bonchev–Trinajstić information content (AvgIpc) is 2.86. The lowest BCUT2D eigenvalue weighted by Crippen LogP contribution is -2.45. The number of alkyl halides is 4. The van der Waals surface area contributed by atoms with Gasteiger partial charge in [0, 0.05) is 32.1 Å². The molecule has 1 aromatic rings. The van der Waals surface area contributed by atoms with E-state index in [1.165, 1.54) is 25.2 Å². The fourth-order valence-electron chi connectivity index (χ4n) is 2.37. The van der Waals surface area contributed by atoms with Crippen LogP contribution in [0.5, 0.6) is 5.75 Å². The fraction of sp³-hybridized carbons (Fsp3) is 0.500. The molecule has 1 heterocycles. The van der Waals surface area contributed by atoms with Crippen molar-refractivity contribution in [2.45, 2.75) is 25.0 Å². The van der Waals surface area contributed by atoms with Gasteiger partial charge < -0.3 is 15.0 Å². The minimum atomic E-state index is -4.82. The molecule has 1 amide bonds. The number of hydrogen-bond acceptors (Lipinski definition) is 3.